The van der Waals surface area contributed by atoms with Crippen LogP contribution in [0.1, 0.15) is 73.6 Å². The second-order valence-electron chi connectivity index (χ2n) is 15.6. The maximum absolute atomic E-state index is 2.51. The van der Waals surface area contributed by atoms with Gasteiger partial charge in [0.05, 0.1) is 5.69 Å². The molecule has 0 N–H and O–H groups in total. The second-order valence-corrected chi connectivity index (χ2v) is 15.6. The summed E-state index contributed by atoms with van der Waals surface area (Å²) in [6.07, 6.45) is 9.89. The molecule has 7 aromatic rings. The van der Waals surface area contributed by atoms with Gasteiger partial charge in [0.25, 0.3) is 0 Å². The van der Waals surface area contributed by atoms with Gasteiger partial charge >= 0.3 is 0 Å². The highest BCUT2D eigenvalue weighted by atomic mass is 15.1. The van der Waals surface area contributed by atoms with E-state index in [1.807, 2.05) is 0 Å². The summed E-state index contributed by atoms with van der Waals surface area (Å²) < 4.78 is 0. The molecule has 3 aliphatic carbocycles. The summed E-state index contributed by atoms with van der Waals surface area (Å²) in [5, 5.41) is 0. The van der Waals surface area contributed by atoms with E-state index in [9.17, 15) is 0 Å². The molecule has 0 atom stereocenters. The number of nitrogens with zero attached hydrogens (tertiary/aromatic N) is 2. The van der Waals surface area contributed by atoms with Crippen LogP contribution in [0.4, 0.5) is 34.1 Å². The minimum Gasteiger partial charge on any atom is -0.311 e. The number of anilines is 6. The molecule has 2 saturated carbocycles. The molecule has 7 aromatic carbocycles. The molecule has 0 amide bonds. The van der Waals surface area contributed by atoms with E-state index in [1.165, 1.54) is 107 Å². The van der Waals surface area contributed by atoms with Gasteiger partial charge in [0.1, 0.15) is 0 Å². The highest BCUT2D eigenvalue weighted by molar-refractivity contribution is 5.95. The predicted octanol–water partition coefficient (Wildman–Crippen LogP) is 14.3. The molecule has 0 heterocycles. The van der Waals surface area contributed by atoms with E-state index in [0.717, 1.165) is 11.4 Å². The lowest BCUT2D eigenvalue weighted by molar-refractivity contribution is 0.535. The summed E-state index contributed by atoms with van der Waals surface area (Å²) in [5.74, 6) is 0. The Morgan fingerprint density at radius 3 is 1.26 bits per heavy atom. The van der Waals surface area contributed by atoms with Crippen molar-refractivity contribution < 1.29 is 0 Å². The standard InChI is InChI=1S/C52H46N2/c1-4-17-41(18-5-1)53(42-19-6-2-7-20-42)44-31-27-39(28-32-44)51(35-12-13-36-51)40-29-33-45(34-30-40)54(43-21-8-3-9-22-43)49-26-16-25-48-50(49)46-23-10-11-24-47(46)52(48)37-14-15-38-52/h1-11,16-34H,12-15,35-38H2. The quantitative estimate of drug-likeness (QED) is 0.156. The van der Waals surface area contributed by atoms with Crippen LogP contribution in [0, 0.1) is 0 Å². The van der Waals surface area contributed by atoms with Crippen LogP contribution in [0.15, 0.2) is 182 Å². The first-order valence-electron chi connectivity index (χ1n) is 20.0. The molecule has 2 nitrogen and oxygen atoms in total. The van der Waals surface area contributed by atoms with E-state index in [4.69, 9.17) is 0 Å². The molecule has 0 unspecified atom stereocenters. The lowest BCUT2D eigenvalue weighted by Crippen LogP contribution is -2.24. The molecule has 0 aliphatic heterocycles. The van der Waals surface area contributed by atoms with E-state index >= 15 is 0 Å². The Bertz CT molecular complexity index is 2330. The average molecular weight is 699 g/mol. The molecular formula is C52H46N2. The van der Waals surface area contributed by atoms with Crippen molar-refractivity contribution in [3.8, 4) is 11.1 Å². The molecule has 0 radical (unpaired) electrons. The fourth-order valence-electron chi connectivity index (χ4n) is 10.4. The molecule has 2 heteroatoms. The lowest BCUT2D eigenvalue weighted by atomic mass is 9.73. The summed E-state index contributed by atoms with van der Waals surface area (Å²) in [4.78, 5) is 4.86. The Kier molecular flexibility index (Phi) is 8.21. The normalized spacial score (nSPS) is 16.2. The fourth-order valence-corrected chi connectivity index (χ4v) is 10.4. The monoisotopic (exact) mass is 698 g/mol. The Labute approximate surface area is 320 Å². The first-order chi connectivity index (χ1) is 26.8. The summed E-state index contributed by atoms with van der Waals surface area (Å²) in [5.41, 5.74) is 16.0. The zero-order chi connectivity index (χ0) is 36.0. The summed E-state index contributed by atoms with van der Waals surface area (Å²) in [7, 11) is 0. The number of benzene rings is 7. The van der Waals surface area contributed by atoms with Gasteiger partial charge in [-0.05, 0) is 120 Å². The molecule has 54 heavy (non-hydrogen) atoms. The van der Waals surface area contributed by atoms with Gasteiger partial charge in [-0.3, -0.25) is 0 Å². The van der Waals surface area contributed by atoms with E-state index in [1.54, 1.807) is 0 Å². The number of hydrogen-bond acceptors (Lipinski definition) is 2. The third-order valence-electron chi connectivity index (χ3n) is 12.8. The van der Waals surface area contributed by atoms with Crippen molar-refractivity contribution >= 4 is 34.1 Å². The maximum atomic E-state index is 2.51. The average Bonchev–Trinajstić information content (AvgIpc) is 4.01. The molecule has 264 valence electrons. The van der Waals surface area contributed by atoms with Crippen LogP contribution in [0.25, 0.3) is 11.1 Å². The van der Waals surface area contributed by atoms with Crippen LogP contribution >= 0.6 is 0 Å². The topological polar surface area (TPSA) is 6.48 Å². The molecule has 2 fully saturated rings. The van der Waals surface area contributed by atoms with Gasteiger partial charge < -0.3 is 9.80 Å². The zero-order valence-electron chi connectivity index (χ0n) is 30.9. The Morgan fingerprint density at radius 2 is 0.722 bits per heavy atom. The molecule has 1 spiro atoms. The van der Waals surface area contributed by atoms with E-state index < -0.39 is 0 Å². The number of para-hydroxylation sites is 3. The first kappa shape index (κ1) is 32.8. The van der Waals surface area contributed by atoms with Gasteiger partial charge in [0, 0.05) is 44.8 Å². The number of fused-ring (bicyclic) bond motifs is 5. The summed E-state index contributed by atoms with van der Waals surface area (Å²) >= 11 is 0. The molecule has 10 rings (SSSR count). The highest BCUT2D eigenvalue weighted by Gasteiger charge is 2.46. The Morgan fingerprint density at radius 1 is 0.315 bits per heavy atom. The van der Waals surface area contributed by atoms with Gasteiger partial charge in [0.15, 0.2) is 0 Å². The van der Waals surface area contributed by atoms with E-state index in [2.05, 4.69) is 192 Å². The molecular weight excluding hydrogens is 653 g/mol. The van der Waals surface area contributed by atoms with Crippen molar-refractivity contribution in [1.29, 1.82) is 0 Å². The Balaban J connectivity index is 1.04. The smallest absolute Gasteiger partial charge is 0.0543 e. The van der Waals surface area contributed by atoms with Crippen molar-refractivity contribution in [1.82, 2.24) is 0 Å². The summed E-state index contributed by atoms with van der Waals surface area (Å²) in [6, 6.07) is 67.7. The van der Waals surface area contributed by atoms with Crippen molar-refractivity contribution in [2.24, 2.45) is 0 Å². The largest absolute Gasteiger partial charge is 0.311 e. The van der Waals surface area contributed by atoms with Gasteiger partial charge in [-0.2, -0.15) is 0 Å². The van der Waals surface area contributed by atoms with Crippen LogP contribution in [0.5, 0.6) is 0 Å². The van der Waals surface area contributed by atoms with Crippen LogP contribution in [0.2, 0.25) is 0 Å². The number of rotatable bonds is 8. The minimum atomic E-state index is 0.000743. The van der Waals surface area contributed by atoms with Gasteiger partial charge in [-0.1, -0.05) is 141 Å². The van der Waals surface area contributed by atoms with Crippen molar-refractivity contribution in [2.75, 3.05) is 9.80 Å². The molecule has 3 aliphatic rings. The van der Waals surface area contributed by atoms with E-state index in [-0.39, 0.29) is 10.8 Å². The Hall–Kier alpha value is -5.86. The first-order valence-corrected chi connectivity index (χ1v) is 20.0. The zero-order valence-corrected chi connectivity index (χ0v) is 30.9. The van der Waals surface area contributed by atoms with Crippen LogP contribution in [0.3, 0.4) is 0 Å². The molecule has 0 saturated heterocycles. The van der Waals surface area contributed by atoms with Crippen LogP contribution in [-0.4, -0.2) is 0 Å². The van der Waals surface area contributed by atoms with Crippen molar-refractivity contribution in [2.45, 2.75) is 62.2 Å². The SMILES string of the molecule is c1ccc(N(c2ccccc2)c2ccc(C3(c4ccc(N(c5ccccc5)c5cccc6c5-c5ccccc5C65CCCC5)cc4)CCCC3)cc2)cc1. The molecule has 0 bridgehead atoms. The highest BCUT2D eigenvalue weighted by Crippen LogP contribution is 2.60. The van der Waals surface area contributed by atoms with Crippen molar-refractivity contribution in [3.05, 3.63) is 204 Å². The van der Waals surface area contributed by atoms with Crippen molar-refractivity contribution in [3.63, 3.8) is 0 Å². The third kappa shape index (κ3) is 5.30. The van der Waals surface area contributed by atoms with Crippen LogP contribution in [-0.2, 0) is 10.8 Å². The van der Waals surface area contributed by atoms with Gasteiger partial charge in [-0.25, -0.2) is 0 Å². The fraction of sp³-hybridized carbons (Fsp3) is 0.192. The lowest BCUT2D eigenvalue weighted by Gasteiger charge is -2.33. The van der Waals surface area contributed by atoms with Crippen LogP contribution < -0.4 is 9.80 Å². The van der Waals surface area contributed by atoms with E-state index in [0.29, 0.717) is 0 Å². The van der Waals surface area contributed by atoms with Gasteiger partial charge in [0.2, 0.25) is 0 Å². The predicted molar refractivity (Wildman–Crippen MR) is 226 cm³/mol. The minimum absolute atomic E-state index is 0.000743. The summed E-state index contributed by atoms with van der Waals surface area (Å²) in [6.45, 7) is 0. The number of hydrogen-bond donors (Lipinski definition) is 0. The maximum Gasteiger partial charge on any atom is 0.0543 e. The second kappa shape index (κ2) is 13.5. The molecule has 0 aromatic heterocycles. The van der Waals surface area contributed by atoms with Gasteiger partial charge in [-0.15, -0.1) is 0 Å². The third-order valence-corrected chi connectivity index (χ3v) is 12.8.